The number of fused-ring (bicyclic) bond motifs is 3. The van der Waals surface area contributed by atoms with Gasteiger partial charge < -0.3 is 0 Å². The van der Waals surface area contributed by atoms with E-state index in [-0.39, 0.29) is 0 Å². The van der Waals surface area contributed by atoms with E-state index < -0.39 is 0 Å². The molecule has 0 N–H and O–H groups in total. The first kappa shape index (κ1) is 12.0. The molecule has 3 aromatic rings. The topological polar surface area (TPSA) is 30.7 Å². The highest BCUT2D eigenvalue weighted by Crippen LogP contribution is 2.42. The first-order chi connectivity index (χ1) is 9.84. The number of hydrogen-bond donors (Lipinski definition) is 0. The molecular formula is C15H10ClN3S. The molecule has 0 amide bonds. The third kappa shape index (κ3) is 1.76. The van der Waals surface area contributed by atoms with Crippen LogP contribution >= 0.6 is 23.4 Å². The van der Waals surface area contributed by atoms with Crippen LogP contribution in [0, 0.1) is 0 Å². The fraction of sp³-hybridized carbons (Fsp3) is 0.0667. The van der Waals surface area contributed by atoms with E-state index in [0.717, 1.165) is 22.8 Å². The quantitative estimate of drug-likeness (QED) is 0.670. The van der Waals surface area contributed by atoms with Gasteiger partial charge in [0.25, 0.3) is 0 Å². The van der Waals surface area contributed by atoms with Gasteiger partial charge in [-0.05, 0) is 12.1 Å². The molecule has 0 bridgehead atoms. The molecule has 98 valence electrons. The highest BCUT2D eigenvalue weighted by Gasteiger charge is 2.23. The summed E-state index contributed by atoms with van der Waals surface area (Å²) in [6.07, 6.45) is 0. The van der Waals surface area contributed by atoms with Gasteiger partial charge in [0.2, 0.25) is 0 Å². The maximum Gasteiger partial charge on any atom is 0.122 e. The minimum Gasteiger partial charge on any atom is -0.234 e. The average Bonchev–Trinajstić information content (AvgIpc) is 2.92. The van der Waals surface area contributed by atoms with Gasteiger partial charge in [-0.2, -0.15) is 0 Å². The van der Waals surface area contributed by atoms with Crippen molar-refractivity contribution in [1.29, 1.82) is 0 Å². The smallest absolute Gasteiger partial charge is 0.122 e. The zero-order valence-electron chi connectivity index (χ0n) is 10.5. The summed E-state index contributed by atoms with van der Waals surface area (Å²) in [5, 5.41) is 9.30. The highest BCUT2D eigenvalue weighted by molar-refractivity contribution is 7.98. The number of nitrogens with zero attached hydrogens (tertiary/aromatic N) is 3. The molecule has 4 rings (SSSR count). The molecule has 2 aromatic carbocycles. The standard InChI is InChI=1S/C15H10ClN3S/c16-12-7-3-1-5-10(12)14-15-11-6-2-4-8-13(11)20-9-19(15)18-17-14/h1-8H,9H2. The van der Waals surface area contributed by atoms with E-state index in [1.807, 2.05) is 35.0 Å². The summed E-state index contributed by atoms with van der Waals surface area (Å²) in [4.78, 5) is 1.26. The van der Waals surface area contributed by atoms with Crippen LogP contribution in [0.15, 0.2) is 53.4 Å². The predicted molar refractivity (Wildman–Crippen MR) is 81.8 cm³/mol. The molecule has 5 heteroatoms. The second-order valence-corrected chi connectivity index (χ2v) is 5.93. The summed E-state index contributed by atoms with van der Waals surface area (Å²) in [5.41, 5.74) is 4.00. The molecule has 0 spiro atoms. The number of aromatic nitrogens is 3. The lowest BCUT2D eigenvalue weighted by atomic mass is 10.0. The Balaban J connectivity index is 1.99. The maximum absolute atomic E-state index is 6.30. The van der Waals surface area contributed by atoms with E-state index in [1.165, 1.54) is 10.5 Å². The van der Waals surface area contributed by atoms with Crippen molar-refractivity contribution in [1.82, 2.24) is 15.0 Å². The van der Waals surface area contributed by atoms with Crippen LogP contribution in [0.5, 0.6) is 0 Å². The molecule has 0 saturated carbocycles. The van der Waals surface area contributed by atoms with Crippen LogP contribution in [0.1, 0.15) is 0 Å². The van der Waals surface area contributed by atoms with Crippen molar-refractivity contribution in [3.63, 3.8) is 0 Å². The Morgan fingerprint density at radius 3 is 2.60 bits per heavy atom. The van der Waals surface area contributed by atoms with Gasteiger partial charge >= 0.3 is 0 Å². The molecule has 0 atom stereocenters. The Morgan fingerprint density at radius 1 is 1.00 bits per heavy atom. The molecule has 0 unspecified atom stereocenters. The van der Waals surface area contributed by atoms with Gasteiger partial charge in [0, 0.05) is 16.0 Å². The number of benzene rings is 2. The second-order valence-electron chi connectivity index (χ2n) is 4.54. The minimum absolute atomic E-state index is 0.700. The lowest BCUT2D eigenvalue weighted by Gasteiger charge is -2.17. The van der Waals surface area contributed by atoms with Gasteiger partial charge in [0.1, 0.15) is 5.69 Å². The van der Waals surface area contributed by atoms with Gasteiger partial charge in [-0.15, -0.1) is 16.9 Å². The van der Waals surface area contributed by atoms with Crippen molar-refractivity contribution < 1.29 is 0 Å². The van der Waals surface area contributed by atoms with Gasteiger partial charge in [-0.3, -0.25) is 0 Å². The van der Waals surface area contributed by atoms with Gasteiger partial charge in [0.15, 0.2) is 0 Å². The van der Waals surface area contributed by atoms with Gasteiger partial charge in [-0.1, -0.05) is 53.2 Å². The molecule has 1 aliphatic heterocycles. The summed E-state index contributed by atoms with van der Waals surface area (Å²) >= 11 is 8.07. The zero-order valence-corrected chi connectivity index (χ0v) is 12.0. The molecule has 1 aromatic heterocycles. The fourth-order valence-electron chi connectivity index (χ4n) is 2.42. The Kier molecular flexibility index (Phi) is 2.79. The molecule has 0 saturated heterocycles. The van der Waals surface area contributed by atoms with E-state index >= 15 is 0 Å². The van der Waals surface area contributed by atoms with Gasteiger partial charge in [-0.25, -0.2) is 4.68 Å². The monoisotopic (exact) mass is 299 g/mol. The van der Waals surface area contributed by atoms with Crippen molar-refractivity contribution >= 4 is 23.4 Å². The Morgan fingerprint density at radius 2 is 1.75 bits per heavy atom. The third-order valence-corrected chi connectivity index (χ3v) is 4.72. The lowest BCUT2D eigenvalue weighted by molar-refractivity contribution is 0.702. The molecule has 1 aliphatic rings. The first-order valence-electron chi connectivity index (χ1n) is 6.25. The normalized spacial score (nSPS) is 12.8. The van der Waals surface area contributed by atoms with E-state index in [2.05, 4.69) is 28.5 Å². The summed E-state index contributed by atoms with van der Waals surface area (Å²) in [7, 11) is 0. The maximum atomic E-state index is 6.30. The Bertz CT molecular complexity index is 797. The molecule has 2 heterocycles. The van der Waals surface area contributed by atoms with Crippen molar-refractivity contribution in [2.45, 2.75) is 10.8 Å². The average molecular weight is 300 g/mol. The lowest BCUT2D eigenvalue weighted by Crippen LogP contribution is -2.05. The predicted octanol–water partition coefficient (Wildman–Crippen LogP) is 4.33. The van der Waals surface area contributed by atoms with Crippen LogP contribution in [0.4, 0.5) is 0 Å². The number of thioether (sulfide) groups is 1. The molecule has 0 aliphatic carbocycles. The Labute approximate surface area is 125 Å². The van der Waals surface area contributed by atoms with Gasteiger partial charge in [0.05, 0.1) is 16.6 Å². The third-order valence-electron chi connectivity index (χ3n) is 3.35. The highest BCUT2D eigenvalue weighted by atomic mass is 35.5. The fourth-order valence-corrected chi connectivity index (χ4v) is 3.59. The van der Waals surface area contributed by atoms with Crippen LogP contribution < -0.4 is 0 Å². The van der Waals surface area contributed by atoms with E-state index in [0.29, 0.717) is 5.02 Å². The summed E-state index contributed by atoms with van der Waals surface area (Å²) < 4.78 is 1.94. The second kappa shape index (κ2) is 4.65. The van der Waals surface area contributed by atoms with Crippen LogP contribution in [0.25, 0.3) is 22.5 Å². The molecular weight excluding hydrogens is 290 g/mol. The van der Waals surface area contributed by atoms with E-state index in [4.69, 9.17) is 11.6 Å². The van der Waals surface area contributed by atoms with E-state index in [1.54, 1.807) is 11.8 Å². The molecule has 0 fully saturated rings. The van der Waals surface area contributed by atoms with Crippen LogP contribution in [0.2, 0.25) is 5.02 Å². The number of hydrogen-bond acceptors (Lipinski definition) is 3. The zero-order chi connectivity index (χ0) is 13.5. The molecule has 0 radical (unpaired) electrons. The molecule has 20 heavy (non-hydrogen) atoms. The number of halogens is 1. The SMILES string of the molecule is Clc1ccccc1-c1nnn2c1-c1ccccc1SC2. The minimum atomic E-state index is 0.700. The van der Waals surface area contributed by atoms with Crippen LogP contribution in [-0.4, -0.2) is 15.0 Å². The van der Waals surface area contributed by atoms with Crippen molar-refractivity contribution in [3.05, 3.63) is 53.6 Å². The van der Waals surface area contributed by atoms with Crippen LogP contribution in [-0.2, 0) is 5.88 Å². The van der Waals surface area contributed by atoms with Crippen molar-refractivity contribution in [2.75, 3.05) is 0 Å². The van der Waals surface area contributed by atoms with Crippen molar-refractivity contribution in [2.24, 2.45) is 0 Å². The van der Waals surface area contributed by atoms with E-state index in [9.17, 15) is 0 Å². The summed E-state index contributed by atoms with van der Waals surface area (Å²) in [6, 6.07) is 16.1. The number of rotatable bonds is 1. The van der Waals surface area contributed by atoms with Crippen molar-refractivity contribution in [3.8, 4) is 22.5 Å². The summed E-state index contributed by atoms with van der Waals surface area (Å²) in [6.45, 7) is 0. The largest absolute Gasteiger partial charge is 0.234 e. The van der Waals surface area contributed by atoms with Crippen LogP contribution in [0.3, 0.4) is 0 Å². The summed E-state index contributed by atoms with van der Waals surface area (Å²) in [5.74, 6) is 0.782. The first-order valence-corrected chi connectivity index (χ1v) is 7.61. The Hall–Kier alpha value is -1.78. The molecule has 3 nitrogen and oxygen atoms in total.